The third-order valence-corrected chi connectivity index (χ3v) is 5.94. The minimum Gasteiger partial charge on any atom is -0.352 e. The molecule has 2 N–H and O–H groups in total. The number of carbonyl (C=O) groups is 3. The molecule has 7 heteroatoms. The maximum atomic E-state index is 12.8. The lowest BCUT2D eigenvalue weighted by Gasteiger charge is -2.32. The predicted octanol–water partition coefficient (Wildman–Crippen LogP) is 3.43. The fourth-order valence-corrected chi connectivity index (χ4v) is 4.10. The Morgan fingerprint density at radius 1 is 0.941 bits per heavy atom. The smallest absolute Gasteiger partial charge is 0.255 e. The zero-order chi connectivity index (χ0) is 23.8. The average molecular weight is 457 g/mol. The SMILES string of the molecule is O=C(Nc1cccc(CNC(=O)C2CCCN(C(=O)Cc3ccccc3)C2)c1)c1ccncc1. The third-order valence-electron chi connectivity index (χ3n) is 5.94. The summed E-state index contributed by atoms with van der Waals surface area (Å²) >= 11 is 0. The van der Waals surface area contributed by atoms with Crippen LogP contribution in [0.4, 0.5) is 5.69 Å². The van der Waals surface area contributed by atoms with Crippen LogP contribution in [0, 0.1) is 5.92 Å². The molecule has 0 aliphatic carbocycles. The number of likely N-dealkylation sites (tertiary alicyclic amines) is 1. The van der Waals surface area contributed by atoms with E-state index < -0.39 is 0 Å². The first-order chi connectivity index (χ1) is 16.6. The van der Waals surface area contributed by atoms with Gasteiger partial charge in [0.2, 0.25) is 11.8 Å². The van der Waals surface area contributed by atoms with E-state index in [2.05, 4.69) is 15.6 Å². The maximum absolute atomic E-state index is 12.8. The van der Waals surface area contributed by atoms with Gasteiger partial charge < -0.3 is 15.5 Å². The minimum atomic E-state index is -0.219. The summed E-state index contributed by atoms with van der Waals surface area (Å²) in [6.45, 7) is 1.49. The van der Waals surface area contributed by atoms with E-state index in [9.17, 15) is 14.4 Å². The molecule has 174 valence electrons. The Labute approximate surface area is 199 Å². The van der Waals surface area contributed by atoms with Crippen molar-refractivity contribution in [3.8, 4) is 0 Å². The van der Waals surface area contributed by atoms with E-state index in [1.54, 1.807) is 29.4 Å². The highest BCUT2D eigenvalue weighted by atomic mass is 16.2. The van der Waals surface area contributed by atoms with Crippen LogP contribution in [0.2, 0.25) is 0 Å². The Kier molecular flexibility index (Phi) is 7.65. The number of amides is 3. The number of hydrogen-bond acceptors (Lipinski definition) is 4. The lowest BCUT2D eigenvalue weighted by atomic mass is 9.96. The maximum Gasteiger partial charge on any atom is 0.255 e. The van der Waals surface area contributed by atoms with Crippen LogP contribution < -0.4 is 10.6 Å². The number of pyridine rings is 1. The molecule has 1 saturated heterocycles. The number of aromatic nitrogens is 1. The molecule has 3 aromatic rings. The molecule has 2 aromatic carbocycles. The van der Waals surface area contributed by atoms with Gasteiger partial charge in [0.15, 0.2) is 0 Å². The summed E-state index contributed by atoms with van der Waals surface area (Å²) in [6.07, 6.45) is 5.08. The van der Waals surface area contributed by atoms with Crippen molar-refractivity contribution in [1.29, 1.82) is 0 Å². The van der Waals surface area contributed by atoms with Crippen LogP contribution in [0.5, 0.6) is 0 Å². The van der Waals surface area contributed by atoms with Gasteiger partial charge in [0.25, 0.3) is 5.91 Å². The van der Waals surface area contributed by atoms with Gasteiger partial charge in [0.05, 0.1) is 12.3 Å². The molecule has 1 atom stereocenters. The molecule has 1 aliphatic heterocycles. The molecule has 3 amide bonds. The molecular weight excluding hydrogens is 428 g/mol. The minimum absolute atomic E-state index is 0.0524. The summed E-state index contributed by atoms with van der Waals surface area (Å²) in [5.74, 6) is -0.432. The van der Waals surface area contributed by atoms with Gasteiger partial charge >= 0.3 is 0 Å². The summed E-state index contributed by atoms with van der Waals surface area (Å²) in [5, 5.41) is 5.86. The van der Waals surface area contributed by atoms with E-state index in [1.807, 2.05) is 54.6 Å². The normalized spacial score (nSPS) is 15.4. The van der Waals surface area contributed by atoms with Crippen molar-refractivity contribution in [2.45, 2.75) is 25.8 Å². The number of hydrogen-bond donors (Lipinski definition) is 2. The van der Waals surface area contributed by atoms with Crippen LogP contribution in [-0.2, 0) is 22.6 Å². The molecule has 1 aromatic heterocycles. The van der Waals surface area contributed by atoms with Gasteiger partial charge in [0, 0.05) is 43.3 Å². The second-order valence-electron chi connectivity index (χ2n) is 8.45. The number of piperidine rings is 1. The third kappa shape index (κ3) is 6.28. The van der Waals surface area contributed by atoms with E-state index >= 15 is 0 Å². The Morgan fingerprint density at radius 3 is 2.50 bits per heavy atom. The Bertz CT molecular complexity index is 1130. The fourth-order valence-electron chi connectivity index (χ4n) is 4.10. The number of anilines is 1. The lowest BCUT2D eigenvalue weighted by molar-refractivity contribution is -0.135. The molecule has 0 bridgehead atoms. The fraction of sp³-hybridized carbons (Fsp3) is 0.259. The monoisotopic (exact) mass is 456 g/mol. The van der Waals surface area contributed by atoms with E-state index in [0.29, 0.717) is 37.3 Å². The summed E-state index contributed by atoms with van der Waals surface area (Å²) in [7, 11) is 0. The van der Waals surface area contributed by atoms with Crippen LogP contribution >= 0.6 is 0 Å². The largest absolute Gasteiger partial charge is 0.352 e. The highest BCUT2D eigenvalue weighted by molar-refractivity contribution is 6.04. The second-order valence-corrected chi connectivity index (χ2v) is 8.45. The summed E-state index contributed by atoms with van der Waals surface area (Å²) in [5.41, 5.74) is 3.05. The molecule has 4 rings (SSSR count). The van der Waals surface area contributed by atoms with Crippen molar-refractivity contribution in [1.82, 2.24) is 15.2 Å². The summed E-state index contributed by atoms with van der Waals surface area (Å²) in [6, 6.07) is 20.4. The standard InChI is InChI=1S/C27H28N4O3/c32-25(17-20-6-2-1-3-7-20)31-15-5-9-23(19-31)26(33)29-18-21-8-4-10-24(16-21)30-27(34)22-11-13-28-14-12-22/h1-4,6-8,10-14,16,23H,5,9,15,17-19H2,(H,29,33)(H,30,34). The molecule has 1 unspecified atom stereocenters. The van der Waals surface area contributed by atoms with Gasteiger partial charge in [-0.15, -0.1) is 0 Å². The van der Waals surface area contributed by atoms with Crippen LogP contribution in [0.15, 0.2) is 79.1 Å². The molecule has 0 spiro atoms. The van der Waals surface area contributed by atoms with Crippen molar-refractivity contribution in [2.24, 2.45) is 5.92 Å². The lowest BCUT2D eigenvalue weighted by Crippen LogP contribution is -2.45. The zero-order valence-corrected chi connectivity index (χ0v) is 18.9. The Hall–Kier alpha value is -4.00. The number of rotatable bonds is 7. The van der Waals surface area contributed by atoms with Crippen molar-refractivity contribution in [3.05, 3.63) is 95.8 Å². The Morgan fingerprint density at radius 2 is 1.71 bits per heavy atom. The van der Waals surface area contributed by atoms with Gasteiger partial charge in [-0.05, 0) is 48.2 Å². The molecule has 0 saturated carbocycles. The summed E-state index contributed by atoms with van der Waals surface area (Å²) in [4.78, 5) is 43.6. The average Bonchev–Trinajstić information content (AvgIpc) is 2.88. The number of nitrogens with one attached hydrogen (secondary N) is 2. The van der Waals surface area contributed by atoms with Crippen molar-refractivity contribution >= 4 is 23.4 Å². The zero-order valence-electron chi connectivity index (χ0n) is 18.9. The number of carbonyl (C=O) groups excluding carboxylic acids is 3. The first kappa shape index (κ1) is 23.2. The topological polar surface area (TPSA) is 91.4 Å². The van der Waals surface area contributed by atoms with E-state index in [0.717, 1.165) is 24.0 Å². The van der Waals surface area contributed by atoms with Crippen LogP contribution in [0.3, 0.4) is 0 Å². The molecule has 1 fully saturated rings. The quantitative estimate of drug-likeness (QED) is 0.570. The molecule has 1 aliphatic rings. The highest BCUT2D eigenvalue weighted by Crippen LogP contribution is 2.19. The van der Waals surface area contributed by atoms with Gasteiger partial charge in [-0.25, -0.2) is 0 Å². The predicted molar refractivity (Wildman–Crippen MR) is 130 cm³/mol. The molecule has 34 heavy (non-hydrogen) atoms. The molecular formula is C27H28N4O3. The second kappa shape index (κ2) is 11.2. The van der Waals surface area contributed by atoms with Crippen LogP contribution in [0.25, 0.3) is 0 Å². The molecule has 0 radical (unpaired) electrons. The summed E-state index contributed by atoms with van der Waals surface area (Å²) < 4.78 is 0. The van der Waals surface area contributed by atoms with Crippen molar-refractivity contribution < 1.29 is 14.4 Å². The van der Waals surface area contributed by atoms with E-state index in [4.69, 9.17) is 0 Å². The van der Waals surface area contributed by atoms with E-state index in [-0.39, 0.29) is 23.6 Å². The van der Waals surface area contributed by atoms with E-state index in [1.165, 1.54) is 0 Å². The van der Waals surface area contributed by atoms with Crippen LogP contribution in [0.1, 0.15) is 34.3 Å². The first-order valence-electron chi connectivity index (χ1n) is 11.5. The van der Waals surface area contributed by atoms with Gasteiger partial charge in [0.1, 0.15) is 0 Å². The van der Waals surface area contributed by atoms with Gasteiger partial charge in [-0.1, -0.05) is 42.5 Å². The van der Waals surface area contributed by atoms with Crippen molar-refractivity contribution in [3.63, 3.8) is 0 Å². The highest BCUT2D eigenvalue weighted by Gasteiger charge is 2.28. The van der Waals surface area contributed by atoms with Gasteiger partial charge in [-0.3, -0.25) is 19.4 Å². The first-order valence-corrected chi connectivity index (χ1v) is 11.5. The number of benzene rings is 2. The van der Waals surface area contributed by atoms with Crippen LogP contribution in [-0.4, -0.2) is 40.7 Å². The van der Waals surface area contributed by atoms with Gasteiger partial charge in [-0.2, -0.15) is 0 Å². The Balaban J connectivity index is 1.29. The van der Waals surface area contributed by atoms with Crippen molar-refractivity contribution in [2.75, 3.05) is 18.4 Å². The molecule has 2 heterocycles. The number of nitrogens with zero attached hydrogens (tertiary/aromatic N) is 2. The molecule has 7 nitrogen and oxygen atoms in total.